The van der Waals surface area contributed by atoms with E-state index in [0.29, 0.717) is 25.2 Å². The predicted molar refractivity (Wildman–Crippen MR) is 82.2 cm³/mol. The minimum Gasteiger partial charge on any atom is -0.491 e. The number of hydrogen-bond acceptors (Lipinski definition) is 3. The Morgan fingerprint density at radius 1 is 1.30 bits per heavy atom. The van der Waals surface area contributed by atoms with Crippen LogP contribution in [0.1, 0.15) is 38.7 Å². The number of benzene rings is 1. The molecule has 0 aliphatic carbocycles. The largest absolute Gasteiger partial charge is 0.491 e. The molecule has 1 fully saturated rings. The Morgan fingerprint density at radius 2 is 2.00 bits per heavy atom. The quantitative estimate of drug-likeness (QED) is 0.898. The van der Waals surface area contributed by atoms with E-state index >= 15 is 0 Å². The van der Waals surface area contributed by atoms with Crippen molar-refractivity contribution in [1.29, 1.82) is 0 Å². The fourth-order valence-electron chi connectivity index (χ4n) is 3.03. The van der Waals surface area contributed by atoms with Crippen molar-refractivity contribution in [2.45, 2.75) is 58.2 Å². The van der Waals surface area contributed by atoms with Crippen LogP contribution in [0.4, 0.5) is 0 Å². The zero-order valence-electron chi connectivity index (χ0n) is 12.9. The monoisotopic (exact) mass is 277 g/mol. The van der Waals surface area contributed by atoms with Gasteiger partial charge in [0.15, 0.2) is 0 Å². The predicted octanol–water partition coefficient (Wildman–Crippen LogP) is 3.00. The van der Waals surface area contributed by atoms with E-state index in [-0.39, 0.29) is 0 Å². The number of likely N-dealkylation sites (tertiary alicyclic amines) is 1. The first-order valence-corrected chi connectivity index (χ1v) is 7.69. The van der Waals surface area contributed by atoms with Crippen molar-refractivity contribution in [3.05, 3.63) is 29.8 Å². The summed E-state index contributed by atoms with van der Waals surface area (Å²) in [6.45, 7) is 7.61. The van der Waals surface area contributed by atoms with Gasteiger partial charge in [-0.25, -0.2) is 0 Å². The highest BCUT2D eigenvalue weighted by Crippen LogP contribution is 2.22. The van der Waals surface area contributed by atoms with Gasteiger partial charge in [0.1, 0.15) is 18.5 Å². The zero-order chi connectivity index (χ0) is 14.5. The first-order chi connectivity index (χ1) is 9.56. The second-order valence-electron chi connectivity index (χ2n) is 6.11. The van der Waals surface area contributed by atoms with Crippen LogP contribution in [-0.4, -0.2) is 41.3 Å². The first-order valence-electron chi connectivity index (χ1n) is 7.69. The van der Waals surface area contributed by atoms with E-state index in [1.165, 1.54) is 24.8 Å². The first kappa shape index (κ1) is 15.3. The van der Waals surface area contributed by atoms with Crippen molar-refractivity contribution in [3.8, 4) is 5.75 Å². The highest BCUT2D eigenvalue weighted by molar-refractivity contribution is 5.27. The third-order valence-corrected chi connectivity index (χ3v) is 4.23. The lowest BCUT2D eigenvalue weighted by Gasteiger charge is -2.40. The van der Waals surface area contributed by atoms with Gasteiger partial charge in [-0.2, -0.15) is 0 Å². The number of nitrogens with zero attached hydrogens (tertiary/aromatic N) is 1. The van der Waals surface area contributed by atoms with E-state index in [9.17, 15) is 5.11 Å². The van der Waals surface area contributed by atoms with Gasteiger partial charge in [-0.05, 0) is 51.3 Å². The molecular weight excluding hydrogens is 250 g/mol. The number of rotatable bonds is 5. The van der Waals surface area contributed by atoms with Crippen molar-refractivity contribution in [2.24, 2.45) is 0 Å². The van der Waals surface area contributed by atoms with E-state index in [4.69, 9.17) is 4.74 Å². The van der Waals surface area contributed by atoms with Gasteiger partial charge >= 0.3 is 0 Å². The van der Waals surface area contributed by atoms with Crippen LogP contribution < -0.4 is 4.74 Å². The molecule has 1 aliphatic rings. The highest BCUT2D eigenvalue weighted by atomic mass is 16.5. The van der Waals surface area contributed by atoms with Gasteiger partial charge < -0.3 is 9.84 Å². The summed E-state index contributed by atoms with van der Waals surface area (Å²) in [4.78, 5) is 2.41. The third kappa shape index (κ3) is 4.22. The third-order valence-electron chi connectivity index (χ3n) is 4.23. The van der Waals surface area contributed by atoms with Gasteiger partial charge in [-0.3, -0.25) is 4.90 Å². The van der Waals surface area contributed by atoms with Crippen molar-refractivity contribution >= 4 is 0 Å². The van der Waals surface area contributed by atoms with Gasteiger partial charge in [0.2, 0.25) is 0 Å². The normalized spacial score (nSPS) is 25.4. The number of aryl methyl sites for hydroxylation is 1. The zero-order valence-corrected chi connectivity index (χ0v) is 12.9. The lowest BCUT2D eigenvalue weighted by atomic mass is 9.97. The van der Waals surface area contributed by atoms with E-state index in [2.05, 4.69) is 18.7 Å². The van der Waals surface area contributed by atoms with Crippen molar-refractivity contribution < 1.29 is 9.84 Å². The van der Waals surface area contributed by atoms with Gasteiger partial charge in [0.25, 0.3) is 0 Å². The van der Waals surface area contributed by atoms with Gasteiger partial charge in [0.05, 0.1) is 0 Å². The fraction of sp³-hybridized carbons (Fsp3) is 0.647. The summed E-state index contributed by atoms with van der Waals surface area (Å²) in [5.74, 6) is 0.837. The van der Waals surface area contributed by atoms with Crippen LogP contribution in [0.15, 0.2) is 24.3 Å². The molecule has 20 heavy (non-hydrogen) atoms. The number of β-amino-alcohol motifs (C(OH)–C–C–N with tert-alkyl or cyclic N) is 1. The standard InChI is InChI=1S/C17H27NO2/c1-13-6-4-9-17(10-13)20-12-16(19)11-18-14(2)7-5-8-15(18)3/h4,6,9-10,14-16,19H,5,7-8,11-12H2,1-3H3/t14-,15+,16-/m0/s1. The van der Waals surface area contributed by atoms with E-state index < -0.39 is 6.10 Å². The molecule has 0 saturated carbocycles. The van der Waals surface area contributed by atoms with Crippen molar-refractivity contribution in [2.75, 3.05) is 13.2 Å². The van der Waals surface area contributed by atoms with Crippen LogP contribution in [0, 0.1) is 6.92 Å². The highest BCUT2D eigenvalue weighted by Gasteiger charge is 2.26. The maximum absolute atomic E-state index is 10.2. The lowest BCUT2D eigenvalue weighted by Crippen LogP contribution is -2.48. The van der Waals surface area contributed by atoms with Gasteiger partial charge in [0, 0.05) is 18.6 Å². The van der Waals surface area contributed by atoms with E-state index in [1.54, 1.807) is 0 Å². The Balaban J connectivity index is 1.81. The Bertz CT molecular complexity index is 411. The van der Waals surface area contributed by atoms with Crippen LogP contribution in [0.5, 0.6) is 5.75 Å². The maximum Gasteiger partial charge on any atom is 0.119 e. The molecule has 0 bridgehead atoms. The SMILES string of the molecule is Cc1cccc(OC[C@@H](O)CN2[C@H](C)CCC[C@@H]2C)c1. The van der Waals surface area contributed by atoms with Crippen LogP contribution in [-0.2, 0) is 0 Å². The number of piperidine rings is 1. The molecule has 1 saturated heterocycles. The molecule has 3 atom stereocenters. The Hall–Kier alpha value is -1.06. The Morgan fingerprint density at radius 3 is 2.65 bits per heavy atom. The number of aliphatic hydroxyl groups excluding tert-OH is 1. The van der Waals surface area contributed by atoms with Crippen molar-refractivity contribution in [3.63, 3.8) is 0 Å². The average Bonchev–Trinajstić information content (AvgIpc) is 2.41. The molecule has 2 rings (SSSR count). The molecule has 1 aromatic rings. The van der Waals surface area contributed by atoms with E-state index in [0.717, 1.165) is 5.75 Å². The summed E-state index contributed by atoms with van der Waals surface area (Å²) in [7, 11) is 0. The number of aliphatic hydroxyl groups is 1. The number of hydrogen-bond donors (Lipinski definition) is 1. The minimum absolute atomic E-state index is 0.361. The number of ether oxygens (including phenoxy) is 1. The molecule has 3 nitrogen and oxygen atoms in total. The molecule has 0 radical (unpaired) electrons. The molecule has 1 heterocycles. The lowest BCUT2D eigenvalue weighted by molar-refractivity contribution is 0.0209. The van der Waals surface area contributed by atoms with Crippen LogP contribution >= 0.6 is 0 Å². The molecule has 1 aromatic carbocycles. The summed E-state index contributed by atoms with van der Waals surface area (Å²) in [6.07, 6.45) is 3.33. The van der Waals surface area contributed by atoms with Crippen molar-refractivity contribution in [1.82, 2.24) is 4.90 Å². The molecule has 1 N–H and O–H groups in total. The second kappa shape index (κ2) is 7.09. The second-order valence-corrected chi connectivity index (χ2v) is 6.11. The van der Waals surface area contributed by atoms with Gasteiger partial charge in [-0.15, -0.1) is 0 Å². The summed E-state index contributed by atoms with van der Waals surface area (Å²) in [5, 5.41) is 10.2. The average molecular weight is 277 g/mol. The van der Waals surface area contributed by atoms with Gasteiger partial charge in [-0.1, -0.05) is 18.6 Å². The fourth-order valence-corrected chi connectivity index (χ4v) is 3.03. The van der Waals surface area contributed by atoms with E-state index in [1.807, 2.05) is 31.2 Å². The molecule has 112 valence electrons. The Kier molecular flexibility index (Phi) is 5.44. The summed E-state index contributed by atoms with van der Waals surface area (Å²) in [6, 6.07) is 9.08. The molecular formula is C17H27NO2. The van der Waals surface area contributed by atoms with Crippen LogP contribution in [0.2, 0.25) is 0 Å². The molecule has 0 spiro atoms. The Labute approximate surface area is 122 Å². The van der Waals surface area contributed by atoms with Crippen LogP contribution in [0.25, 0.3) is 0 Å². The molecule has 0 aromatic heterocycles. The topological polar surface area (TPSA) is 32.7 Å². The minimum atomic E-state index is -0.432. The molecule has 3 heteroatoms. The summed E-state index contributed by atoms with van der Waals surface area (Å²) >= 11 is 0. The molecule has 0 unspecified atom stereocenters. The molecule has 0 amide bonds. The smallest absolute Gasteiger partial charge is 0.119 e. The maximum atomic E-state index is 10.2. The summed E-state index contributed by atoms with van der Waals surface area (Å²) < 4.78 is 5.68. The van der Waals surface area contributed by atoms with Crippen LogP contribution in [0.3, 0.4) is 0 Å². The summed E-state index contributed by atoms with van der Waals surface area (Å²) in [5.41, 5.74) is 1.18. The molecule has 1 aliphatic heterocycles.